The van der Waals surface area contributed by atoms with E-state index in [-0.39, 0.29) is 12.6 Å². The van der Waals surface area contributed by atoms with Crippen LogP contribution in [-0.4, -0.2) is 43.6 Å². The Hall–Kier alpha value is -1.99. The van der Waals surface area contributed by atoms with Gasteiger partial charge in [-0.25, -0.2) is 4.79 Å². The highest BCUT2D eigenvalue weighted by Crippen LogP contribution is 2.28. The summed E-state index contributed by atoms with van der Waals surface area (Å²) >= 11 is 0. The highest BCUT2D eigenvalue weighted by Gasteiger charge is 2.15. The van der Waals surface area contributed by atoms with Crippen LogP contribution in [0.5, 0.6) is 5.75 Å². The molecule has 0 bridgehead atoms. The van der Waals surface area contributed by atoms with Crippen molar-refractivity contribution in [3.63, 3.8) is 0 Å². The lowest BCUT2D eigenvalue weighted by molar-refractivity contribution is -0.145. The normalized spacial score (nSPS) is 15.2. The number of hydrogen-bond donors (Lipinski definition) is 3. The lowest BCUT2D eigenvalue weighted by Gasteiger charge is -2.25. The first-order chi connectivity index (χ1) is 10.7. The second-order valence-electron chi connectivity index (χ2n) is 4.94. The Morgan fingerprint density at radius 3 is 2.82 bits per heavy atom. The Morgan fingerprint density at radius 2 is 2.14 bits per heavy atom. The van der Waals surface area contributed by atoms with Gasteiger partial charge in [-0.15, -0.1) is 0 Å². The van der Waals surface area contributed by atoms with E-state index in [0.29, 0.717) is 18.0 Å². The van der Waals surface area contributed by atoms with Crippen LogP contribution in [0.15, 0.2) is 18.2 Å². The third-order valence-electron chi connectivity index (χ3n) is 3.35. The Morgan fingerprint density at radius 1 is 1.36 bits per heavy atom. The molecule has 0 radical (unpaired) electrons. The zero-order valence-corrected chi connectivity index (χ0v) is 12.6. The van der Waals surface area contributed by atoms with E-state index in [1.165, 1.54) is 0 Å². The van der Waals surface area contributed by atoms with E-state index in [4.69, 9.17) is 14.2 Å². The zero-order valence-electron chi connectivity index (χ0n) is 12.6. The number of benzene rings is 1. The van der Waals surface area contributed by atoms with Crippen molar-refractivity contribution in [2.24, 2.45) is 0 Å². The number of carbonyl (C=O) groups excluding carboxylic acids is 1. The van der Waals surface area contributed by atoms with E-state index in [9.17, 15) is 10.0 Å². The van der Waals surface area contributed by atoms with Crippen LogP contribution in [-0.2, 0) is 14.3 Å². The summed E-state index contributed by atoms with van der Waals surface area (Å²) in [5.74, 6) is 0.118. The lowest BCUT2D eigenvalue weighted by Crippen LogP contribution is -2.28. The first kappa shape index (κ1) is 16.4. The van der Waals surface area contributed by atoms with Gasteiger partial charge in [-0.2, -0.15) is 0 Å². The molecule has 0 unspecified atom stereocenters. The largest absolute Gasteiger partial charge is 0.482 e. The molecule has 22 heavy (non-hydrogen) atoms. The molecule has 3 N–H and O–H groups in total. The number of nitrogens with one attached hydrogen (secondary N) is 2. The second-order valence-corrected chi connectivity index (χ2v) is 4.94. The van der Waals surface area contributed by atoms with E-state index < -0.39 is 5.97 Å². The topological polar surface area (TPSA) is 89.1 Å². The second kappa shape index (κ2) is 8.45. The maximum Gasteiger partial charge on any atom is 0.344 e. The average Bonchev–Trinajstić information content (AvgIpc) is 2.54. The van der Waals surface area contributed by atoms with Gasteiger partial charge >= 0.3 is 5.97 Å². The van der Waals surface area contributed by atoms with Crippen LogP contribution >= 0.6 is 0 Å². The molecule has 7 heteroatoms. The van der Waals surface area contributed by atoms with Crippen molar-refractivity contribution >= 4 is 17.3 Å². The third-order valence-corrected chi connectivity index (χ3v) is 3.35. The first-order valence-corrected chi connectivity index (χ1v) is 7.39. The molecule has 1 aliphatic rings. The van der Waals surface area contributed by atoms with Gasteiger partial charge < -0.3 is 19.5 Å². The van der Waals surface area contributed by atoms with Crippen LogP contribution in [0.4, 0.5) is 11.4 Å². The minimum Gasteiger partial charge on any atom is -0.482 e. The number of ether oxygens (including phenoxy) is 3. The van der Waals surface area contributed by atoms with Gasteiger partial charge in [0.15, 0.2) is 6.61 Å². The average molecular weight is 310 g/mol. The molecule has 1 aliphatic heterocycles. The summed E-state index contributed by atoms with van der Waals surface area (Å²) in [5, 5.41) is 12.6. The first-order valence-electron chi connectivity index (χ1n) is 7.39. The van der Waals surface area contributed by atoms with Crippen LogP contribution in [0.2, 0.25) is 0 Å². The van der Waals surface area contributed by atoms with E-state index in [1.54, 1.807) is 25.1 Å². The van der Waals surface area contributed by atoms with Crippen molar-refractivity contribution < 1.29 is 24.2 Å². The minimum absolute atomic E-state index is 0.142. The summed E-state index contributed by atoms with van der Waals surface area (Å²) in [6.45, 7) is 3.37. The molecule has 0 aromatic heterocycles. The van der Waals surface area contributed by atoms with Crippen molar-refractivity contribution in [1.82, 2.24) is 0 Å². The minimum atomic E-state index is -0.411. The van der Waals surface area contributed by atoms with Crippen LogP contribution in [0.25, 0.3) is 0 Å². The highest BCUT2D eigenvalue weighted by atomic mass is 16.6. The molecule has 1 aromatic carbocycles. The van der Waals surface area contributed by atoms with Crippen molar-refractivity contribution in [1.29, 1.82) is 0 Å². The quantitative estimate of drug-likeness (QED) is 0.524. The van der Waals surface area contributed by atoms with Crippen LogP contribution < -0.4 is 15.5 Å². The summed E-state index contributed by atoms with van der Waals surface area (Å²) in [4.78, 5) is 11.3. The van der Waals surface area contributed by atoms with Crippen LogP contribution in [0, 0.1) is 0 Å². The predicted molar refractivity (Wildman–Crippen MR) is 81.4 cm³/mol. The molecular weight excluding hydrogens is 288 g/mol. The van der Waals surface area contributed by atoms with E-state index in [2.05, 4.69) is 10.8 Å². The molecule has 2 rings (SSSR count). The summed E-state index contributed by atoms with van der Waals surface area (Å²) in [6.07, 6.45) is 1.80. The Balaban J connectivity index is 2.00. The smallest absolute Gasteiger partial charge is 0.344 e. The molecule has 1 fully saturated rings. The molecule has 0 saturated carbocycles. The number of anilines is 2. The van der Waals surface area contributed by atoms with Crippen LogP contribution in [0.1, 0.15) is 19.8 Å². The number of hydrogen-bond acceptors (Lipinski definition) is 7. The Bertz CT molecular complexity index is 489. The monoisotopic (exact) mass is 310 g/mol. The van der Waals surface area contributed by atoms with Crippen molar-refractivity contribution in [2.45, 2.75) is 25.8 Å². The molecule has 0 amide bonds. The fourth-order valence-corrected chi connectivity index (χ4v) is 2.24. The summed E-state index contributed by atoms with van der Waals surface area (Å²) in [6, 6.07) is 5.38. The molecule has 0 atom stereocenters. The Labute approximate surface area is 129 Å². The van der Waals surface area contributed by atoms with Gasteiger partial charge in [0.05, 0.1) is 18.0 Å². The number of esters is 1. The maximum absolute atomic E-state index is 11.3. The Kier molecular flexibility index (Phi) is 6.29. The molecule has 122 valence electrons. The van der Waals surface area contributed by atoms with Gasteiger partial charge in [-0.05, 0) is 31.9 Å². The summed E-state index contributed by atoms with van der Waals surface area (Å²) in [7, 11) is 0. The molecule has 1 aromatic rings. The standard InChI is InChI=1S/C15H22N2O5/c1-2-21-15(18)10-22-12-3-4-13(17-19)14(9-12)16-11-5-7-20-8-6-11/h3-4,9,11,16-17,19H,2,5-8,10H2,1H3. The van der Waals surface area contributed by atoms with Gasteiger partial charge in [0.25, 0.3) is 0 Å². The number of carbonyl (C=O) groups is 1. The van der Waals surface area contributed by atoms with E-state index in [1.807, 2.05) is 0 Å². The van der Waals surface area contributed by atoms with Gasteiger partial charge in [0, 0.05) is 25.3 Å². The molecule has 0 aliphatic carbocycles. The molecule has 7 nitrogen and oxygen atoms in total. The molecule has 1 heterocycles. The molecule has 1 saturated heterocycles. The number of rotatable bonds is 7. The van der Waals surface area contributed by atoms with Crippen LogP contribution in [0.3, 0.4) is 0 Å². The molecule has 0 spiro atoms. The lowest BCUT2D eigenvalue weighted by atomic mass is 10.1. The summed E-state index contributed by atoms with van der Waals surface area (Å²) in [5.41, 5.74) is 3.43. The highest BCUT2D eigenvalue weighted by molar-refractivity contribution is 5.72. The fraction of sp³-hybridized carbons (Fsp3) is 0.533. The predicted octanol–water partition coefficient (Wildman–Crippen LogP) is 2.02. The van der Waals surface area contributed by atoms with Gasteiger partial charge in [-0.3, -0.25) is 10.7 Å². The van der Waals surface area contributed by atoms with E-state index >= 15 is 0 Å². The third kappa shape index (κ3) is 4.78. The molecular formula is C15H22N2O5. The maximum atomic E-state index is 11.3. The SMILES string of the molecule is CCOC(=O)COc1ccc(NO)c(NC2CCOCC2)c1. The van der Waals surface area contributed by atoms with Crippen molar-refractivity contribution in [2.75, 3.05) is 37.2 Å². The fourth-order valence-electron chi connectivity index (χ4n) is 2.24. The van der Waals surface area contributed by atoms with Crippen molar-refractivity contribution in [3.8, 4) is 5.75 Å². The van der Waals surface area contributed by atoms with E-state index in [0.717, 1.165) is 31.7 Å². The zero-order chi connectivity index (χ0) is 15.8. The summed E-state index contributed by atoms with van der Waals surface area (Å²) < 4.78 is 15.5. The van der Waals surface area contributed by atoms with Gasteiger partial charge in [0.2, 0.25) is 0 Å². The van der Waals surface area contributed by atoms with Gasteiger partial charge in [0.1, 0.15) is 5.75 Å². The van der Waals surface area contributed by atoms with Crippen molar-refractivity contribution in [3.05, 3.63) is 18.2 Å². The van der Waals surface area contributed by atoms with Gasteiger partial charge in [-0.1, -0.05) is 0 Å².